The van der Waals surface area contributed by atoms with Crippen molar-refractivity contribution < 1.29 is 33.8 Å². The van der Waals surface area contributed by atoms with Gasteiger partial charge < -0.3 is 9.84 Å². The number of nitrogens with zero attached hydrogens (tertiary/aromatic N) is 1. The molecule has 52 heavy (non-hydrogen) atoms. The van der Waals surface area contributed by atoms with Crippen LogP contribution in [0.25, 0.3) is 5.57 Å². The lowest BCUT2D eigenvalue weighted by molar-refractivity contribution is -0.135. The lowest BCUT2D eigenvalue weighted by atomic mass is 9.44. The zero-order valence-corrected chi connectivity index (χ0v) is 28.8. The van der Waals surface area contributed by atoms with Crippen molar-refractivity contribution in [3.8, 4) is 11.5 Å². The van der Waals surface area contributed by atoms with Crippen molar-refractivity contribution >= 4 is 40.4 Å². The summed E-state index contributed by atoms with van der Waals surface area (Å²) < 4.78 is 5.83. The fraction of sp³-hybridized carbons (Fsp3) is 0.250. The molecule has 1 saturated carbocycles. The van der Waals surface area contributed by atoms with E-state index in [1.165, 1.54) is 17.9 Å². The van der Waals surface area contributed by atoms with Gasteiger partial charge in [-0.1, -0.05) is 84.4 Å². The van der Waals surface area contributed by atoms with Crippen LogP contribution < -0.4 is 9.64 Å². The number of phenols is 1. The number of aromatic hydroxyl groups is 1. The van der Waals surface area contributed by atoms with Crippen LogP contribution in [0.1, 0.15) is 59.7 Å². The van der Waals surface area contributed by atoms with Crippen LogP contribution in [0.4, 0.5) is 5.69 Å². The van der Waals surface area contributed by atoms with E-state index in [1.807, 2.05) is 61.5 Å². The molecule has 1 heterocycles. The average Bonchev–Trinajstić information content (AvgIpc) is 3.42. The molecule has 4 aromatic rings. The summed E-state index contributed by atoms with van der Waals surface area (Å²) in [4.78, 5) is 72.2. The second kappa shape index (κ2) is 12.7. The van der Waals surface area contributed by atoms with Gasteiger partial charge in [-0.25, -0.2) is 0 Å². The lowest BCUT2D eigenvalue weighted by Crippen LogP contribution is -2.58. The molecule has 8 heteroatoms. The van der Waals surface area contributed by atoms with E-state index in [4.69, 9.17) is 4.74 Å². The first-order valence-corrected chi connectivity index (χ1v) is 17.7. The Kier molecular flexibility index (Phi) is 8.13. The van der Waals surface area contributed by atoms with Crippen molar-refractivity contribution in [1.82, 2.24) is 0 Å². The molecule has 8 nitrogen and oxygen atoms in total. The summed E-state index contributed by atoms with van der Waals surface area (Å²) in [5.74, 6) is -5.10. The minimum absolute atomic E-state index is 0.129. The third kappa shape index (κ3) is 4.84. The number of rotatable bonds is 7. The van der Waals surface area contributed by atoms with Crippen molar-refractivity contribution in [3.63, 3.8) is 0 Å². The second-order valence-electron chi connectivity index (χ2n) is 14.0. The first kappa shape index (κ1) is 33.3. The molecule has 3 aliphatic carbocycles. The molecule has 0 spiro atoms. The van der Waals surface area contributed by atoms with Crippen LogP contribution in [0.15, 0.2) is 121 Å². The van der Waals surface area contributed by atoms with Crippen LogP contribution >= 0.6 is 0 Å². The molecular weight excluding hydrogens is 654 g/mol. The van der Waals surface area contributed by atoms with E-state index in [0.717, 1.165) is 5.57 Å². The molecule has 2 amide bonds. The number of anilines is 1. The van der Waals surface area contributed by atoms with Crippen LogP contribution in [-0.2, 0) is 24.6 Å². The SMILES string of the molecule is CCOc1cccc(C2C3=CCC4C(=O)N(c5ccc(C(C)=O)cc5)C(=O)C4C3CC3C(=O)C(c4ccccc4)=CC(=O)C32c2ccccc2)c1O. The molecule has 1 aliphatic heterocycles. The van der Waals surface area contributed by atoms with Crippen molar-refractivity contribution in [2.24, 2.45) is 23.7 Å². The van der Waals surface area contributed by atoms with Gasteiger partial charge in [-0.05, 0) is 80.1 Å². The topological polar surface area (TPSA) is 118 Å². The van der Waals surface area contributed by atoms with Crippen LogP contribution in [0.5, 0.6) is 11.5 Å². The maximum Gasteiger partial charge on any atom is 0.238 e. The number of ketones is 3. The van der Waals surface area contributed by atoms with Gasteiger partial charge in [0.25, 0.3) is 0 Å². The Morgan fingerprint density at radius 2 is 1.54 bits per heavy atom. The number of imide groups is 1. The Bertz CT molecular complexity index is 2200. The van der Waals surface area contributed by atoms with E-state index in [9.17, 15) is 19.5 Å². The molecule has 6 atom stereocenters. The molecule has 0 bridgehead atoms. The average molecular weight is 692 g/mol. The number of amides is 2. The molecule has 1 N–H and O–H groups in total. The van der Waals surface area contributed by atoms with E-state index in [0.29, 0.717) is 40.1 Å². The highest BCUT2D eigenvalue weighted by molar-refractivity contribution is 6.32. The van der Waals surface area contributed by atoms with Gasteiger partial charge in [0, 0.05) is 28.5 Å². The van der Waals surface area contributed by atoms with Crippen LogP contribution in [0.3, 0.4) is 0 Å². The smallest absolute Gasteiger partial charge is 0.238 e. The van der Waals surface area contributed by atoms with E-state index in [2.05, 4.69) is 0 Å². The maximum atomic E-state index is 15.2. The van der Waals surface area contributed by atoms with Gasteiger partial charge in [-0.3, -0.25) is 28.9 Å². The molecule has 6 unspecified atom stereocenters. The Labute approximate surface area is 301 Å². The van der Waals surface area contributed by atoms with Gasteiger partial charge in [0.1, 0.15) is 0 Å². The lowest BCUT2D eigenvalue weighted by Gasteiger charge is -2.55. The molecule has 4 aliphatic rings. The number of ether oxygens (including phenoxy) is 1. The van der Waals surface area contributed by atoms with Crippen molar-refractivity contribution in [2.75, 3.05) is 11.5 Å². The number of para-hydroxylation sites is 1. The minimum atomic E-state index is -1.47. The number of fused-ring (bicyclic) bond motifs is 4. The van der Waals surface area contributed by atoms with E-state index >= 15 is 9.59 Å². The number of hydrogen-bond acceptors (Lipinski definition) is 7. The Hall–Kier alpha value is -5.89. The van der Waals surface area contributed by atoms with Crippen molar-refractivity contribution in [2.45, 2.75) is 38.0 Å². The quantitative estimate of drug-likeness (QED) is 0.126. The molecular formula is C44H37NO7. The summed E-state index contributed by atoms with van der Waals surface area (Å²) in [6.45, 7) is 3.56. The second-order valence-corrected chi connectivity index (χ2v) is 14.0. The van der Waals surface area contributed by atoms with E-state index in [-0.39, 0.29) is 53.5 Å². The summed E-state index contributed by atoms with van der Waals surface area (Å²) in [6, 6.07) is 30.0. The maximum absolute atomic E-state index is 15.2. The van der Waals surface area contributed by atoms with Crippen molar-refractivity contribution in [1.29, 1.82) is 0 Å². The summed E-state index contributed by atoms with van der Waals surface area (Å²) in [6.07, 6.45) is 3.82. The molecule has 0 aromatic heterocycles. The summed E-state index contributed by atoms with van der Waals surface area (Å²) in [5.41, 5.74) is 2.09. The molecule has 0 radical (unpaired) electrons. The van der Waals surface area contributed by atoms with E-state index in [1.54, 1.807) is 54.6 Å². The van der Waals surface area contributed by atoms with Gasteiger partial charge >= 0.3 is 0 Å². The first-order chi connectivity index (χ1) is 25.2. The highest BCUT2D eigenvalue weighted by atomic mass is 16.5. The molecule has 260 valence electrons. The molecule has 4 aromatic carbocycles. The van der Waals surface area contributed by atoms with Gasteiger partial charge in [0.15, 0.2) is 28.8 Å². The Balaban J connectivity index is 1.35. The number of Topliss-reactive ketones (excluding diaryl/α,β-unsaturated/α-hetero) is 2. The zero-order valence-electron chi connectivity index (χ0n) is 28.8. The Morgan fingerprint density at radius 1 is 0.846 bits per heavy atom. The summed E-state index contributed by atoms with van der Waals surface area (Å²) in [7, 11) is 0. The van der Waals surface area contributed by atoms with E-state index < -0.39 is 35.0 Å². The van der Waals surface area contributed by atoms with Crippen LogP contribution in [0.2, 0.25) is 0 Å². The Morgan fingerprint density at radius 3 is 2.21 bits per heavy atom. The first-order valence-electron chi connectivity index (χ1n) is 17.7. The zero-order chi connectivity index (χ0) is 36.3. The van der Waals surface area contributed by atoms with Gasteiger partial charge in [0.05, 0.1) is 29.5 Å². The predicted molar refractivity (Wildman–Crippen MR) is 195 cm³/mol. The van der Waals surface area contributed by atoms with Crippen LogP contribution in [0, 0.1) is 23.7 Å². The number of allylic oxidation sites excluding steroid dienone is 4. The summed E-state index contributed by atoms with van der Waals surface area (Å²) in [5, 5.41) is 11.9. The van der Waals surface area contributed by atoms with Gasteiger partial charge in [0.2, 0.25) is 11.8 Å². The monoisotopic (exact) mass is 691 g/mol. The molecule has 1 saturated heterocycles. The van der Waals surface area contributed by atoms with Gasteiger partial charge in [-0.2, -0.15) is 0 Å². The van der Waals surface area contributed by atoms with Gasteiger partial charge in [-0.15, -0.1) is 0 Å². The third-order valence-electron chi connectivity index (χ3n) is 11.5. The molecule has 2 fully saturated rings. The fourth-order valence-electron chi connectivity index (χ4n) is 9.36. The number of phenolic OH excluding ortho intramolecular Hbond substituents is 1. The van der Waals surface area contributed by atoms with Crippen LogP contribution in [-0.4, -0.2) is 40.9 Å². The fourth-order valence-corrected chi connectivity index (χ4v) is 9.36. The number of carbonyl (C=O) groups is 5. The third-order valence-corrected chi connectivity index (χ3v) is 11.5. The molecule has 8 rings (SSSR count). The summed E-state index contributed by atoms with van der Waals surface area (Å²) >= 11 is 0. The highest BCUT2D eigenvalue weighted by Gasteiger charge is 2.66. The standard InChI is InChI=1S/C44H37NO7/c1-3-52-36-16-10-15-32(41(36)49)39-30-21-22-31-38(43(51)45(42(31)50)29-19-17-26(18-20-29)25(2)46)34(30)23-35-40(48)33(27-11-6-4-7-12-27)24-37(47)44(35,39)28-13-8-5-9-14-28/h4-21,24,31,34-35,38-39,49H,3,22-23H2,1-2H3. The highest BCUT2D eigenvalue weighted by Crippen LogP contribution is 2.65. The number of carbonyl (C=O) groups excluding carboxylic acids is 5. The van der Waals surface area contributed by atoms with Crippen molar-refractivity contribution in [3.05, 3.63) is 143 Å². The number of benzene rings is 4. The predicted octanol–water partition coefficient (Wildman–Crippen LogP) is 7.02. The minimum Gasteiger partial charge on any atom is -0.504 e. The number of hydrogen-bond donors (Lipinski definition) is 1. The largest absolute Gasteiger partial charge is 0.504 e. The normalized spacial score (nSPS) is 26.6.